The molecule has 0 unspecified atom stereocenters. The Labute approximate surface area is 181 Å². The van der Waals surface area contributed by atoms with Crippen LogP contribution < -0.4 is 14.4 Å². The zero-order valence-electron chi connectivity index (χ0n) is 16.0. The van der Waals surface area contributed by atoms with Gasteiger partial charge in [-0.05, 0) is 37.3 Å². The maximum Gasteiger partial charge on any atom is 0.573 e. The highest BCUT2D eigenvalue weighted by molar-refractivity contribution is 9.10. The lowest BCUT2D eigenvalue weighted by Crippen LogP contribution is -2.48. The van der Waals surface area contributed by atoms with Gasteiger partial charge in [0, 0.05) is 30.7 Å². The second kappa shape index (κ2) is 9.03. The third-order valence-electron chi connectivity index (χ3n) is 4.49. The average Bonchev–Trinajstić information content (AvgIpc) is 2.67. The Balaban J connectivity index is 1.81. The van der Waals surface area contributed by atoms with E-state index in [4.69, 9.17) is 4.74 Å². The van der Waals surface area contributed by atoms with E-state index in [-0.39, 0.29) is 17.6 Å². The maximum absolute atomic E-state index is 13.0. The van der Waals surface area contributed by atoms with Crippen molar-refractivity contribution >= 4 is 31.6 Å². The summed E-state index contributed by atoms with van der Waals surface area (Å²) < 4.78 is 75.4. The van der Waals surface area contributed by atoms with Crippen LogP contribution in [0.2, 0.25) is 0 Å². The minimum absolute atomic E-state index is 0.115. The lowest BCUT2D eigenvalue weighted by molar-refractivity contribution is -0.275. The van der Waals surface area contributed by atoms with Crippen molar-refractivity contribution in [1.29, 1.82) is 0 Å². The molecule has 0 spiro atoms. The zero-order valence-corrected chi connectivity index (χ0v) is 18.4. The minimum atomic E-state index is -5.01. The van der Waals surface area contributed by atoms with Crippen molar-refractivity contribution in [3.05, 3.63) is 46.9 Å². The van der Waals surface area contributed by atoms with Crippen molar-refractivity contribution < 1.29 is 31.1 Å². The molecule has 164 valence electrons. The Hall–Kier alpha value is -1.98. The molecule has 1 fully saturated rings. The van der Waals surface area contributed by atoms with Crippen LogP contribution in [0.25, 0.3) is 0 Å². The standard InChI is InChI=1S/C19H20BrF3N2O4S/c1-2-28-16-6-4-3-5-15(16)24-9-11-25(12-10-24)30(26,27)18-8-7-14(20)13-17(18)29-19(21,22)23/h3-8,13H,2,9-12H2,1H3. The number of nitrogens with zero attached hydrogens (tertiary/aromatic N) is 2. The highest BCUT2D eigenvalue weighted by Gasteiger charge is 2.37. The van der Waals surface area contributed by atoms with Gasteiger partial charge in [-0.2, -0.15) is 4.31 Å². The number of sulfonamides is 1. The summed E-state index contributed by atoms with van der Waals surface area (Å²) in [5.74, 6) is -0.0638. The molecular formula is C19H20BrF3N2O4S. The summed E-state index contributed by atoms with van der Waals surface area (Å²) in [4.78, 5) is 1.47. The molecule has 0 amide bonds. The van der Waals surface area contributed by atoms with Gasteiger partial charge in [0.25, 0.3) is 0 Å². The van der Waals surface area contributed by atoms with Gasteiger partial charge >= 0.3 is 6.36 Å². The van der Waals surface area contributed by atoms with Crippen LogP contribution in [-0.2, 0) is 10.0 Å². The Morgan fingerprint density at radius 3 is 2.33 bits per heavy atom. The second-order valence-electron chi connectivity index (χ2n) is 6.43. The van der Waals surface area contributed by atoms with Gasteiger partial charge < -0.3 is 14.4 Å². The average molecular weight is 509 g/mol. The predicted molar refractivity (Wildman–Crippen MR) is 109 cm³/mol. The van der Waals surface area contributed by atoms with Gasteiger partial charge in [0.15, 0.2) is 5.75 Å². The molecule has 11 heteroatoms. The molecule has 1 saturated heterocycles. The molecule has 0 atom stereocenters. The first-order chi connectivity index (χ1) is 14.1. The van der Waals surface area contributed by atoms with E-state index in [2.05, 4.69) is 20.7 Å². The van der Waals surface area contributed by atoms with Gasteiger partial charge in [-0.1, -0.05) is 28.1 Å². The largest absolute Gasteiger partial charge is 0.573 e. The van der Waals surface area contributed by atoms with Gasteiger partial charge in [-0.15, -0.1) is 13.2 Å². The first-order valence-corrected chi connectivity index (χ1v) is 11.4. The highest BCUT2D eigenvalue weighted by Crippen LogP contribution is 2.35. The number of piperazine rings is 1. The van der Waals surface area contributed by atoms with Crippen LogP contribution in [0.5, 0.6) is 11.5 Å². The molecule has 1 heterocycles. The zero-order chi connectivity index (χ0) is 21.9. The quantitative estimate of drug-likeness (QED) is 0.583. The third-order valence-corrected chi connectivity index (χ3v) is 6.93. The van der Waals surface area contributed by atoms with Crippen LogP contribution in [0.3, 0.4) is 0 Å². The molecule has 0 bridgehead atoms. The lowest BCUT2D eigenvalue weighted by atomic mass is 10.2. The summed E-state index contributed by atoms with van der Waals surface area (Å²) in [6.07, 6.45) is -5.01. The Morgan fingerprint density at radius 2 is 1.70 bits per heavy atom. The Kier molecular flexibility index (Phi) is 6.83. The monoisotopic (exact) mass is 508 g/mol. The highest BCUT2D eigenvalue weighted by atomic mass is 79.9. The van der Waals surface area contributed by atoms with Crippen molar-refractivity contribution in [2.24, 2.45) is 0 Å². The molecule has 2 aromatic carbocycles. The SMILES string of the molecule is CCOc1ccccc1N1CCN(S(=O)(=O)c2ccc(Br)cc2OC(F)(F)F)CC1. The van der Waals surface area contributed by atoms with E-state index in [9.17, 15) is 21.6 Å². The number of hydrogen-bond donors (Lipinski definition) is 0. The first-order valence-electron chi connectivity index (χ1n) is 9.14. The van der Waals surface area contributed by atoms with E-state index in [1.807, 2.05) is 36.1 Å². The molecule has 0 saturated carbocycles. The maximum atomic E-state index is 13.0. The van der Waals surface area contributed by atoms with Crippen LogP contribution in [0.4, 0.5) is 18.9 Å². The molecular weight excluding hydrogens is 489 g/mol. The van der Waals surface area contributed by atoms with Crippen LogP contribution in [0.1, 0.15) is 6.92 Å². The number of anilines is 1. The number of para-hydroxylation sites is 2. The van der Waals surface area contributed by atoms with Crippen molar-refractivity contribution in [3.63, 3.8) is 0 Å². The molecule has 3 rings (SSSR count). The first kappa shape index (κ1) is 22.7. The molecule has 0 aromatic heterocycles. The van der Waals surface area contributed by atoms with Gasteiger partial charge in [-0.3, -0.25) is 0 Å². The van der Waals surface area contributed by atoms with E-state index < -0.39 is 27.0 Å². The number of halogens is 4. The Morgan fingerprint density at radius 1 is 1.03 bits per heavy atom. The summed E-state index contributed by atoms with van der Waals surface area (Å²) in [7, 11) is -4.18. The van der Waals surface area contributed by atoms with Gasteiger partial charge in [0.2, 0.25) is 10.0 Å². The molecule has 6 nitrogen and oxygen atoms in total. The fourth-order valence-electron chi connectivity index (χ4n) is 3.20. The number of rotatable bonds is 6. The Bertz CT molecular complexity index is 994. The van der Waals surface area contributed by atoms with E-state index in [0.717, 1.165) is 17.8 Å². The summed E-state index contributed by atoms with van der Waals surface area (Å²) in [5.41, 5.74) is 0.848. The smallest absolute Gasteiger partial charge is 0.492 e. The molecule has 0 radical (unpaired) electrons. The van der Waals surface area contributed by atoms with Crippen molar-refractivity contribution in [2.45, 2.75) is 18.2 Å². The summed E-state index contributed by atoms with van der Waals surface area (Å²) >= 11 is 3.05. The van der Waals surface area contributed by atoms with Crippen LogP contribution >= 0.6 is 15.9 Å². The predicted octanol–water partition coefficient (Wildman–Crippen LogP) is 4.26. The number of benzene rings is 2. The molecule has 30 heavy (non-hydrogen) atoms. The third kappa shape index (κ3) is 5.19. The molecule has 2 aromatic rings. The molecule has 1 aliphatic rings. The van der Waals surface area contributed by atoms with E-state index in [1.54, 1.807) is 0 Å². The fourth-order valence-corrected chi connectivity index (χ4v) is 5.06. The van der Waals surface area contributed by atoms with E-state index in [0.29, 0.717) is 25.4 Å². The molecule has 0 N–H and O–H groups in total. The molecule has 1 aliphatic heterocycles. The van der Waals surface area contributed by atoms with E-state index in [1.165, 1.54) is 10.4 Å². The van der Waals surface area contributed by atoms with Crippen LogP contribution in [0, 0.1) is 0 Å². The van der Waals surface area contributed by atoms with Crippen molar-refractivity contribution in [3.8, 4) is 11.5 Å². The van der Waals surface area contributed by atoms with E-state index >= 15 is 0 Å². The topological polar surface area (TPSA) is 59.1 Å². The lowest BCUT2D eigenvalue weighted by Gasteiger charge is -2.36. The van der Waals surface area contributed by atoms with Crippen LogP contribution in [-0.4, -0.2) is 51.9 Å². The van der Waals surface area contributed by atoms with Crippen molar-refractivity contribution in [2.75, 3.05) is 37.7 Å². The second-order valence-corrected chi connectivity index (χ2v) is 9.25. The van der Waals surface area contributed by atoms with Crippen LogP contribution in [0.15, 0.2) is 51.8 Å². The fraction of sp³-hybridized carbons (Fsp3) is 0.368. The normalized spacial score (nSPS) is 15.8. The number of hydrogen-bond acceptors (Lipinski definition) is 5. The van der Waals surface area contributed by atoms with Crippen molar-refractivity contribution in [1.82, 2.24) is 4.31 Å². The van der Waals surface area contributed by atoms with Gasteiger partial charge in [0.1, 0.15) is 10.6 Å². The minimum Gasteiger partial charge on any atom is -0.492 e. The summed E-state index contributed by atoms with van der Waals surface area (Å²) in [6.45, 7) is 3.34. The number of ether oxygens (including phenoxy) is 2. The number of alkyl halides is 3. The van der Waals surface area contributed by atoms with Gasteiger partial charge in [0.05, 0.1) is 12.3 Å². The molecule has 0 aliphatic carbocycles. The van der Waals surface area contributed by atoms with Gasteiger partial charge in [-0.25, -0.2) is 8.42 Å². The summed E-state index contributed by atoms with van der Waals surface area (Å²) in [5, 5.41) is 0. The summed E-state index contributed by atoms with van der Waals surface area (Å²) in [6, 6.07) is 10.9.